The molecule has 32 heavy (non-hydrogen) atoms. The van der Waals surface area contributed by atoms with E-state index in [2.05, 4.69) is 10.6 Å². The SMILES string of the molecule is NCCCCC(N)C(=O)NCC(=O)NC(Cc1ccccc1)C(=O)N1CCCC1C(=O)O. The highest BCUT2D eigenvalue weighted by Gasteiger charge is 2.37. The lowest BCUT2D eigenvalue weighted by Gasteiger charge is -2.27. The van der Waals surface area contributed by atoms with E-state index in [1.165, 1.54) is 4.90 Å². The summed E-state index contributed by atoms with van der Waals surface area (Å²) < 4.78 is 0. The van der Waals surface area contributed by atoms with Crippen molar-refractivity contribution in [3.05, 3.63) is 35.9 Å². The summed E-state index contributed by atoms with van der Waals surface area (Å²) >= 11 is 0. The minimum atomic E-state index is -1.06. The number of nitrogens with two attached hydrogens (primary N) is 2. The number of carbonyl (C=O) groups excluding carboxylic acids is 3. The number of hydrogen-bond acceptors (Lipinski definition) is 6. The van der Waals surface area contributed by atoms with Gasteiger partial charge in [-0.05, 0) is 37.8 Å². The van der Waals surface area contributed by atoms with Crippen LogP contribution >= 0.6 is 0 Å². The zero-order valence-electron chi connectivity index (χ0n) is 18.2. The molecule has 0 saturated carbocycles. The fourth-order valence-corrected chi connectivity index (χ4v) is 3.72. The molecule has 10 nitrogen and oxygen atoms in total. The first kappa shape index (κ1) is 25.3. The third-order valence-electron chi connectivity index (χ3n) is 5.47. The van der Waals surface area contributed by atoms with Crippen LogP contribution in [-0.2, 0) is 25.6 Å². The normalized spacial score (nSPS) is 17.4. The summed E-state index contributed by atoms with van der Waals surface area (Å²) in [4.78, 5) is 50.5. The van der Waals surface area contributed by atoms with Crippen LogP contribution in [0.4, 0.5) is 0 Å². The molecule has 0 aliphatic carbocycles. The van der Waals surface area contributed by atoms with Gasteiger partial charge in [-0.25, -0.2) is 4.79 Å². The average Bonchev–Trinajstić information content (AvgIpc) is 3.27. The van der Waals surface area contributed by atoms with Gasteiger partial charge >= 0.3 is 5.97 Å². The van der Waals surface area contributed by atoms with Crippen molar-refractivity contribution in [3.8, 4) is 0 Å². The molecule has 2 rings (SSSR count). The maximum absolute atomic E-state index is 13.1. The first-order valence-electron chi connectivity index (χ1n) is 10.9. The molecule has 3 amide bonds. The van der Waals surface area contributed by atoms with Gasteiger partial charge in [-0.15, -0.1) is 0 Å². The zero-order valence-corrected chi connectivity index (χ0v) is 18.2. The van der Waals surface area contributed by atoms with Crippen LogP contribution in [0.25, 0.3) is 0 Å². The molecule has 0 spiro atoms. The third kappa shape index (κ3) is 7.61. The van der Waals surface area contributed by atoms with E-state index < -0.39 is 41.8 Å². The Labute approximate surface area is 187 Å². The van der Waals surface area contributed by atoms with E-state index >= 15 is 0 Å². The summed E-state index contributed by atoms with van der Waals surface area (Å²) in [7, 11) is 0. The number of rotatable bonds is 12. The fraction of sp³-hybridized carbons (Fsp3) is 0.545. The van der Waals surface area contributed by atoms with Crippen molar-refractivity contribution in [1.29, 1.82) is 0 Å². The predicted octanol–water partition coefficient (Wildman–Crippen LogP) is -0.638. The molecule has 1 aliphatic rings. The average molecular weight is 448 g/mol. The first-order chi connectivity index (χ1) is 15.3. The monoisotopic (exact) mass is 447 g/mol. The molecule has 0 radical (unpaired) electrons. The van der Waals surface area contributed by atoms with E-state index in [9.17, 15) is 24.3 Å². The van der Waals surface area contributed by atoms with Crippen molar-refractivity contribution in [3.63, 3.8) is 0 Å². The van der Waals surface area contributed by atoms with Gasteiger partial charge < -0.3 is 32.1 Å². The highest BCUT2D eigenvalue weighted by atomic mass is 16.4. The van der Waals surface area contributed by atoms with Gasteiger partial charge in [-0.1, -0.05) is 36.8 Å². The Morgan fingerprint density at radius 1 is 1.16 bits per heavy atom. The Morgan fingerprint density at radius 3 is 2.53 bits per heavy atom. The number of carboxylic acid groups (broad SMARTS) is 1. The highest BCUT2D eigenvalue weighted by Crippen LogP contribution is 2.19. The minimum Gasteiger partial charge on any atom is -0.480 e. The van der Waals surface area contributed by atoms with Crippen molar-refractivity contribution in [1.82, 2.24) is 15.5 Å². The number of unbranched alkanes of at least 4 members (excludes halogenated alkanes) is 1. The summed E-state index contributed by atoms with van der Waals surface area (Å²) in [5.41, 5.74) is 12.1. The quantitative estimate of drug-likeness (QED) is 0.266. The maximum atomic E-state index is 13.1. The number of hydrogen-bond donors (Lipinski definition) is 5. The smallest absolute Gasteiger partial charge is 0.326 e. The van der Waals surface area contributed by atoms with Crippen molar-refractivity contribution in [2.45, 2.75) is 56.7 Å². The number of benzene rings is 1. The van der Waals surface area contributed by atoms with E-state index in [4.69, 9.17) is 11.5 Å². The molecule has 1 heterocycles. The van der Waals surface area contributed by atoms with E-state index in [1.54, 1.807) is 0 Å². The Bertz CT molecular complexity index is 788. The maximum Gasteiger partial charge on any atom is 0.326 e. The fourth-order valence-electron chi connectivity index (χ4n) is 3.72. The van der Waals surface area contributed by atoms with E-state index in [0.29, 0.717) is 38.8 Å². The van der Waals surface area contributed by atoms with E-state index in [-0.39, 0.29) is 13.0 Å². The zero-order chi connectivity index (χ0) is 23.5. The molecule has 1 aromatic carbocycles. The van der Waals surface area contributed by atoms with Gasteiger partial charge in [0.05, 0.1) is 12.6 Å². The van der Waals surface area contributed by atoms with Gasteiger partial charge in [0.1, 0.15) is 12.1 Å². The number of carbonyl (C=O) groups is 4. The number of amides is 3. The van der Waals surface area contributed by atoms with Gasteiger partial charge in [0.2, 0.25) is 17.7 Å². The van der Waals surface area contributed by atoms with Crippen LogP contribution in [0.5, 0.6) is 0 Å². The lowest BCUT2D eigenvalue weighted by Crippen LogP contribution is -2.54. The van der Waals surface area contributed by atoms with Crippen LogP contribution in [0.2, 0.25) is 0 Å². The summed E-state index contributed by atoms with van der Waals surface area (Å²) in [5.74, 6) is -2.50. The van der Waals surface area contributed by atoms with Crippen LogP contribution in [0.1, 0.15) is 37.7 Å². The van der Waals surface area contributed by atoms with Crippen molar-refractivity contribution in [2.75, 3.05) is 19.6 Å². The lowest BCUT2D eigenvalue weighted by molar-refractivity contribution is -0.149. The first-order valence-corrected chi connectivity index (χ1v) is 10.9. The topological polar surface area (TPSA) is 168 Å². The van der Waals surface area contributed by atoms with Gasteiger partial charge in [0.15, 0.2) is 0 Å². The van der Waals surface area contributed by atoms with Crippen LogP contribution in [0.15, 0.2) is 30.3 Å². The number of carboxylic acids is 1. The third-order valence-corrected chi connectivity index (χ3v) is 5.47. The predicted molar refractivity (Wildman–Crippen MR) is 118 cm³/mol. The second-order valence-corrected chi connectivity index (χ2v) is 7.95. The summed E-state index contributed by atoms with van der Waals surface area (Å²) in [5, 5.41) is 14.6. The molecule has 176 valence electrons. The van der Waals surface area contributed by atoms with Gasteiger partial charge in [-0.2, -0.15) is 0 Å². The molecule has 0 aromatic heterocycles. The molecular weight excluding hydrogens is 414 g/mol. The summed E-state index contributed by atoms with van der Waals surface area (Å²) in [6.45, 7) is 0.517. The van der Waals surface area contributed by atoms with Crippen molar-refractivity contribution < 1.29 is 24.3 Å². The van der Waals surface area contributed by atoms with Gasteiger partial charge in [0.25, 0.3) is 0 Å². The second kappa shape index (κ2) is 12.8. The standard InChI is InChI=1S/C22H33N5O5/c23-11-5-4-9-16(24)20(29)25-14-19(28)26-17(13-15-7-2-1-3-8-15)21(30)27-12-6-10-18(27)22(31)32/h1-3,7-8,16-18H,4-6,9-14,23-24H2,(H,25,29)(H,26,28)(H,31,32). The van der Waals surface area contributed by atoms with E-state index in [1.807, 2.05) is 30.3 Å². The molecular formula is C22H33N5O5. The number of nitrogens with zero attached hydrogens (tertiary/aromatic N) is 1. The second-order valence-electron chi connectivity index (χ2n) is 7.95. The number of nitrogens with one attached hydrogen (secondary N) is 2. The highest BCUT2D eigenvalue weighted by molar-refractivity contribution is 5.93. The molecule has 3 atom stereocenters. The molecule has 1 aromatic rings. The Balaban J connectivity index is 1.99. The Morgan fingerprint density at radius 2 is 1.88 bits per heavy atom. The minimum absolute atomic E-state index is 0.209. The molecule has 7 N–H and O–H groups in total. The van der Waals surface area contributed by atoms with Gasteiger partial charge in [0, 0.05) is 13.0 Å². The molecule has 1 fully saturated rings. The van der Waals surface area contributed by atoms with Crippen LogP contribution in [-0.4, -0.2) is 71.5 Å². The van der Waals surface area contributed by atoms with Crippen LogP contribution in [0.3, 0.4) is 0 Å². The largest absolute Gasteiger partial charge is 0.480 e. The lowest BCUT2D eigenvalue weighted by atomic mass is 10.0. The molecule has 1 aliphatic heterocycles. The molecule has 3 unspecified atom stereocenters. The molecule has 0 bridgehead atoms. The Hall–Kier alpha value is -2.98. The number of likely N-dealkylation sites (tertiary alicyclic amines) is 1. The molecule has 10 heteroatoms. The van der Waals surface area contributed by atoms with E-state index in [0.717, 1.165) is 12.0 Å². The summed E-state index contributed by atoms with van der Waals surface area (Å²) in [6, 6.07) is 6.55. The van der Waals surface area contributed by atoms with Crippen LogP contribution in [0, 0.1) is 0 Å². The number of aliphatic carboxylic acids is 1. The molecule has 1 saturated heterocycles. The van der Waals surface area contributed by atoms with Gasteiger partial charge in [-0.3, -0.25) is 14.4 Å². The Kier molecular flexibility index (Phi) is 10.1. The van der Waals surface area contributed by atoms with Crippen molar-refractivity contribution >= 4 is 23.7 Å². The van der Waals surface area contributed by atoms with Crippen LogP contribution < -0.4 is 22.1 Å². The summed E-state index contributed by atoms with van der Waals surface area (Å²) in [6.07, 6.45) is 3.12. The van der Waals surface area contributed by atoms with Crippen molar-refractivity contribution in [2.24, 2.45) is 11.5 Å².